The van der Waals surface area contributed by atoms with Crippen LogP contribution in [0.1, 0.15) is 5.56 Å². The molecule has 27 heavy (non-hydrogen) atoms. The molecule has 1 atom stereocenters. The molecule has 1 aromatic carbocycles. The van der Waals surface area contributed by atoms with E-state index in [1.165, 1.54) is 18.0 Å². The maximum atomic E-state index is 13.9. The van der Waals surface area contributed by atoms with Crippen molar-refractivity contribution in [3.63, 3.8) is 0 Å². The van der Waals surface area contributed by atoms with Gasteiger partial charge < -0.3 is 9.47 Å². The fraction of sp³-hybridized carbons (Fsp3) is 0.444. The third-order valence-corrected chi connectivity index (χ3v) is 4.67. The van der Waals surface area contributed by atoms with Crippen molar-refractivity contribution in [2.75, 3.05) is 32.8 Å². The molecule has 1 heterocycles. The number of piperazine rings is 1. The maximum absolute atomic E-state index is 13.9. The molecule has 9 heteroatoms. The molecule has 148 valence electrons. The van der Waals surface area contributed by atoms with Gasteiger partial charge in [-0.2, -0.15) is 0 Å². The van der Waals surface area contributed by atoms with Gasteiger partial charge >= 0.3 is 6.36 Å². The number of halogens is 4. The highest BCUT2D eigenvalue weighted by Crippen LogP contribution is 2.27. The summed E-state index contributed by atoms with van der Waals surface area (Å²) in [5.41, 5.74) is 0.550. The lowest BCUT2D eigenvalue weighted by Crippen LogP contribution is -2.52. The van der Waals surface area contributed by atoms with Crippen LogP contribution in [0.4, 0.5) is 17.6 Å². The molecular formula is C18H20F4N2O2S. The quantitative estimate of drug-likeness (QED) is 0.285. The van der Waals surface area contributed by atoms with Gasteiger partial charge in [0.2, 0.25) is 0 Å². The van der Waals surface area contributed by atoms with Gasteiger partial charge in [-0.15, -0.1) is 19.6 Å². The third kappa shape index (κ3) is 7.07. The first-order chi connectivity index (χ1) is 12.8. The number of rotatable bonds is 8. The predicted molar refractivity (Wildman–Crippen MR) is 96.3 cm³/mol. The van der Waals surface area contributed by atoms with Gasteiger partial charge in [-0.25, -0.2) is 8.70 Å². The van der Waals surface area contributed by atoms with Crippen molar-refractivity contribution in [2.45, 2.75) is 18.9 Å². The number of benzene rings is 1. The van der Waals surface area contributed by atoms with Gasteiger partial charge in [-0.05, 0) is 23.1 Å². The summed E-state index contributed by atoms with van der Waals surface area (Å²) in [5, 5.41) is 1.74. The number of alkyl halides is 3. The van der Waals surface area contributed by atoms with Crippen molar-refractivity contribution in [1.29, 1.82) is 0 Å². The van der Waals surface area contributed by atoms with Gasteiger partial charge in [0.05, 0.1) is 6.61 Å². The number of hydrogen-bond donors (Lipinski definition) is 0. The average molecular weight is 404 g/mol. The van der Waals surface area contributed by atoms with Crippen molar-refractivity contribution in [2.24, 2.45) is 0 Å². The minimum atomic E-state index is -4.93. The minimum Gasteiger partial charge on any atom is -0.403 e. The molecule has 0 saturated carbocycles. The van der Waals surface area contributed by atoms with E-state index in [1.807, 2.05) is 0 Å². The number of hydrogen-bond acceptors (Lipinski definition) is 5. The highest BCUT2D eigenvalue weighted by molar-refractivity contribution is 7.99. The molecule has 0 radical (unpaired) electrons. The molecular weight excluding hydrogens is 384 g/mol. The lowest BCUT2D eigenvalue weighted by Gasteiger charge is -2.40. The lowest BCUT2D eigenvalue weighted by molar-refractivity contribution is -0.275. The van der Waals surface area contributed by atoms with E-state index >= 15 is 0 Å². The molecule has 0 aliphatic carbocycles. The summed E-state index contributed by atoms with van der Waals surface area (Å²) in [7, 11) is 0. The molecule has 1 unspecified atom stereocenters. The van der Waals surface area contributed by atoms with Crippen molar-refractivity contribution < 1.29 is 27.0 Å². The summed E-state index contributed by atoms with van der Waals surface area (Å²) in [6.07, 6.45) is 0.272. The average Bonchev–Trinajstić information content (AvgIpc) is 2.59. The van der Waals surface area contributed by atoms with Crippen molar-refractivity contribution in [3.8, 4) is 18.1 Å². The molecule has 0 N–H and O–H groups in total. The van der Waals surface area contributed by atoms with Gasteiger partial charge in [-0.3, -0.25) is 4.90 Å². The molecule has 0 amide bonds. The summed E-state index contributed by atoms with van der Waals surface area (Å²) in [6, 6.07) is 3.49. The summed E-state index contributed by atoms with van der Waals surface area (Å²) >= 11 is 1.50. The molecule has 0 bridgehead atoms. The van der Waals surface area contributed by atoms with Gasteiger partial charge in [-0.1, -0.05) is 30.5 Å². The fourth-order valence-corrected chi connectivity index (χ4v) is 3.43. The second-order valence-corrected chi connectivity index (χ2v) is 6.88. The van der Waals surface area contributed by atoms with E-state index in [-0.39, 0.29) is 12.6 Å². The van der Waals surface area contributed by atoms with Crippen molar-refractivity contribution in [1.82, 2.24) is 9.21 Å². The van der Waals surface area contributed by atoms with Crippen LogP contribution in [-0.4, -0.2) is 54.5 Å². The molecule has 0 spiro atoms. The third-order valence-electron chi connectivity index (χ3n) is 3.89. The molecule has 2 rings (SSSR count). The standard InChI is InChI=1S/C18H20F4N2O2S/c1-3-9-25-13-15-12-24(27-4-2)8-7-23(15)11-14-5-6-17(16(19)10-14)26-18(20,21)22/h1,4-6,10,15H,2,7-9,11-13H2. The van der Waals surface area contributed by atoms with Crippen LogP contribution in [0, 0.1) is 18.2 Å². The SMILES string of the molecule is C#CCOCC1CN(SC=C)CCN1Cc1ccc(OC(F)(F)F)c(F)c1. The Balaban J connectivity index is 2.05. The molecule has 0 aromatic heterocycles. The zero-order valence-electron chi connectivity index (χ0n) is 14.5. The summed E-state index contributed by atoms with van der Waals surface area (Å²) < 4.78 is 61.9. The molecule has 1 aromatic rings. The van der Waals surface area contributed by atoms with Crippen molar-refractivity contribution in [3.05, 3.63) is 41.6 Å². The Hall–Kier alpha value is -1.73. The maximum Gasteiger partial charge on any atom is 0.573 e. The van der Waals surface area contributed by atoms with Crippen LogP contribution in [-0.2, 0) is 11.3 Å². The summed E-state index contributed by atoms with van der Waals surface area (Å²) in [4.78, 5) is 2.09. The van der Waals surface area contributed by atoms with Gasteiger partial charge in [0.1, 0.15) is 6.61 Å². The van der Waals surface area contributed by atoms with Crippen LogP contribution in [0.3, 0.4) is 0 Å². The first-order valence-electron chi connectivity index (χ1n) is 8.14. The smallest absolute Gasteiger partial charge is 0.403 e. The van der Waals surface area contributed by atoms with E-state index in [9.17, 15) is 17.6 Å². The number of terminal acetylenes is 1. The molecule has 1 fully saturated rings. The Labute approximate surface area is 160 Å². The Morgan fingerprint density at radius 3 is 2.78 bits per heavy atom. The first kappa shape index (κ1) is 21.6. The summed E-state index contributed by atoms with van der Waals surface area (Å²) in [6.45, 7) is 6.81. The van der Waals surface area contributed by atoms with Gasteiger partial charge in [0, 0.05) is 32.2 Å². The van der Waals surface area contributed by atoms with Crippen LogP contribution >= 0.6 is 11.9 Å². The topological polar surface area (TPSA) is 24.9 Å². The number of nitrogens with zero attached hydrogens (tertiary/aromatic N) is 2. The van der Waals surface area contributed by atoms with Crippen LogP contribution in [0.2, 0.25) is 0 Å². The van der Waals surface area contributed by atoms with E-state index in [1.54, 1.807) is 5.41 Å². The van der Waals surface area contributed by atoms with Gasteiger partial charge in [0.25, 0.3) is 0 Å². The van der Waals surface area contributed by atoms with Crippen molar-refractivity contribution >= 4 is 11.9 Å². The number of ether oxygens (including phenoxy) is 2. The van der Waals surface area contributed by atoms with E-state index < -0.39 is 17.9 Å². The Morgan fingerprint density at radius 2 is 2.15 bits per heavy atom. The van der Waals surface area contributed by atoms with Crippen LogP contribution in [0.25, 0.3) is 0 Å². The second-order valence-electron chi connectivity index (χ2n) is 5.82. The highest BCUT2D eigenvalue weighted by atomic mass is 32.2. The fourth-order valence-electron chi connectivity index (χ4n) is 2.77. The zero-order chi connectivity index (χ0) is 19.9. The monoisotopic (exact) mass is 404 g/mol. The van der Waals surface area contributed by atoms with E-state index in [0.717, 1.165) is 18.7 Å². The van der Waals surface area contributed by atoms with Crippen LogP contribution in [0.5, 0.6) is 5.75 Å². The van der Waals surface area contributed by atoms with E-state index in [0.29, 0.717) is 31.8 Å². The Morgan fingerprint density at radius 1 is 1.37 bits per heavy atom. The van der Waals surface area contributed by atoms with Crippen LogP contribution < -0.4 is 4.74 Å². The second kappa shape index (κ2) is 9.99. The largest absolute Gasteiger partial charge is 0.573 e. The van der Waals surface area contributed by atoms with E-state index in [4.69, 9.17) is 11.2 Å². The van der Waals surface area contributed by atoms with E-state index in [2.05, 4.69) is 26.4 Å². The molecule has 1 aliphatic heterocycles. The lowest BCUT2D eigenvalue weighted by atomic mass is 10.1. The summed E-state index contributed by atoms with van der Waals surface area (Å²) in [5.74, 6) is 0.519. The minimum absolute atomic E-state index is 0.00807. The van der Waals surface area contributed by atoms with Gasteiger partial charge in [0.15, 0.2) is 11.6 Å². The van der Waals surface area contributed by atoms with Crippen LogP contribution in [0.15, 0.2) is 30.2 Å². The Bertz CT molecular complexity index is 678. The highest BCUT2D eigenvalue weighted by Gasteiger charge is 2.32. The Kier molecular flexibility index (Phi) is 7.98. The normalized spacial score (nSPS) is 18.9. The predicted octanol–water partition coefficient (Wildman–Crippen LogP) is 3.65. The zero-order valence-corrected chi connectivity index (χ0v) is 15.4. The molecule has 4 nitrogen and oxygen atoms in total. The molecule has 1 saturated heterocycles. The first-order valence-corrected chi connectivity index (χ1v) is 8.98. The molecule has 1 aliphatic rings.